The van der Waals surface area contributed by atoms with E-state index in [4.69, 9.17) is 0 Å². The lowest BCUT2D eigenvalue weighted by Crippen LogP contribution is -2.14. The molecule has 0 unspecified atom stereocenters. The molecule has 0 atom stereocenters. The lowest BCUT2D eigenvalue weighted by Gasteiger charge is -2.00. The Balaban J connectivity index is 2.20. The highest BCUT2D eigenvalue weighted by atomic mass is 16.6. The van der Waals surface area contributed by atoms with Gasteiger partial charge in [0, 0.05) is 13.2 Å². The lowest BCUT2D eigenvalue weighted by molar-refractivity contribution is -0.390. The fourth-order valence-corrected chi connectivity index (χ4v) is 1.75. The first-order chi connectivity index (χ1) is 8.49. The van der Waals surface area contributed by atoms with Crippen LogP contribution in [0.5, 0.6) is 0 Å². The molecule has 0 amide bonds. The topological polar surface area (TPSA) is 83.0 Å². The molecule has 18 heavy (non-hydrogen) atoms. The number of carbonyl (C=O) groups is 1. The van der Waals surface area contributed by atoms with Crippen LogP contribution >= 0.6 is 0 Å². The number of aromatic nitrogens is 3. The largest absolute Gasteiger partial charge is 0.392 e. The third kappa shape index (κ3) is 2.15. The van der Waals surface area contributed by atoms with Crippen molar-refractivity contribution in [2.45, 2.75) is 13.5 Å². The molecule has 0 bridgehead atoms. The first kappa shape index (κ1) is 12.0. The number of aryl methyl sites for hydroxylation is 2. The lowest BCUT2D eigenvalue weighted by atomic mass is 10.3. The van der Waals surface area contributed by atoms with Gasteiger partial charge in [-0.25, -0.2) is 0 Å². The van der Waals surface area contributed by atoms with Crippen LogP contribution in [0.15, 0.2) is 24.5 Å². The van der Waals surface area contributed by atoms with Crippen LogP contribution in [0, 0.1) is 17.0 Å². The van der Waals surface area contributed by atoms with E-state index in [1.54, 1.807) is 36.9 Å². The Morgan fingerprint density at radius 3 is 2.78 bits per heavy atom. The Bertz CT molecular complexity index is 612. The van der Waals surface area contributed by atoms with E-state index >= 15 is 0 Å². The number of nitrogens with zero attached hydrogens (tertiary/aromatic N) is 4. The molecule has 0 aromatic carbocycles. The summed E-state index contributed by atoms with van der Waals surface area (Å²) in [7, 11) is 1.77. The van der Waals surface area contributed by atoms with Crippen molar-refractivity contribution in [3.63, 3.8) is 0 Å². The number of hydrogen-bond donors (Lipinski definition) is 0. The summed E-state index contributed by atoms with van der Waals surface area (Å²) in [6.45, 7) is 1.58. The minimum absolute atomic E-state index is 0.00741. The number of Topliss-reactive ketones (excluding diaryl/α,β-unsaturated/α-hetero) is 1. The van der Waals surface area contributed by atoms with Gasteiger partial charge < -0.3 is 14.7 Å². The molecule has 0 saturated heterocycles. The zero-order chi connectivity index (χ0) is 13.3. The van der Waals surface area contributed by atoms with Crippen molar-refractivity contribution in [3.8, 4) is 0 Å². The maximum atomic E-state index is 11.9. The van der Waals surface area contributed by atoms with Crippen LogP contribution in [0.2, 0.25) is 0 Å². The van der Waals surface area contributed by atoms with Gasteiger partial charge in [-0.3, -0.25) is 4.79 Å². The van der Waals surface area contributed by atoms with E-state index in [1.807, 2.05) is 0 Å². The van der Waals surface area contributed by atoms with Gasteiger partial charge in [-0.15, -0.1) is 0 Å². The number of ketones is 1. The predicted molar refractivity (Wildman–Crippen MR) is 63.4 cm³/mol. The van der Waals surface area contributed by atoms with Gasteiger partial charge in [-0.05, 0) is 24.0 Å². The maximum absolute atomic E-state index is 11.9. The van der Waals surface area contributed by atoms with Crippen LogP contribution in [0.1, 0.15) is 16.1 Å². The summed E-state index contributed by atoms with van der Waals surface area (Å²) in [6.07, 6.45) is 3.27. The summed E-state index contributed by atoms with van der Waals surface area (Å²) in [6, 6.07) is 3.47. The Morgan fingerprint density at radius 2 is 2.28 bits per heavy atom. The molecule has 0 N–H and O–H groups in total. The standard InChI is InChI=1S/C11H12N4O3/c1-8-6-14(12-11(8)15(17)18)7-10(16)9-4-3-5-13(9)2/h3-6H,7H2,1-2H3. The second-order valence-corrected chi connectivity index (χ2v) is 4.02. The Labute approximate surface area is 103 Å². The van der Waals surface area contributed by atoms with Crippen LogP contribution < -0.4 is 0 Å². The normalized spacial score (nSPS) is 10.6. The zero-order valence-corrected chi connectivity index (χ0v) is 10.0. The fraction of sp³-hybridized carbons (Fsp3) is 0.273. The van der Waals surface area contributed by atoms with E-state index in [0.29, 0.717) is 11.3 Å². The molecule has 0 spiro atoms. The van der Waals surface area contributed by atoms with Crippen molar-refractivity contribution in [2.24, 2.45) is 7.05 Å². The quantitative estimate of drug-likeness (QED) is 0.464. The Kier molecular flexibility index (Phi) is 2.97. The smallest absolute Gasteiger partial charge is 0.358 e. The molecular formula is C11H12N4O3. The van der Waals surface area contributed by atoms with Gasteiger partial charge in [0.2, 0.25) is 5.78 Å². The molecule has 0 fully saturated rings. The molecule has 94 valence electrons. The summed E-state index contributed by atoms with van der Waals surface area (Å²) in [4.78, 5) is 22.0. The Morgan fingerprint density at radius 1 is 1.56 bits per heavy atom. The first-order valence-corrected chi connectivity index (χ1v) is 5.32. The fourth-order valence-electron chi connectivity index (χ4n) is 1.75. The first-order valence-electron chi connectivity index (χ1n) is 5.32. The molecule has 2 rings (SSSR count). The van der Waals surface area contributed by atoms with E-state index in [-0.39, 0.29) is 18.1 Å². The summed E-state index contributed by atoms with van der Waals surface area (Å²) >= 11 is 0. The summed E-state index contributed by atoms with van der Waals surface area (Å²) in [5, 5.41) is 14.4. The average Bonchev–Trinajstić information content (AvgIpc) is 2.84. The molecule has 7 nitrogen and oxygen atoms in total. The highest BCUT2D eigenvalue weighted by Crippen LogP contribution is 2.14. The highest BCUT2D eigenvalue weighted by molar-refractivity contribution is 5.94. The number of hydrogen-bond acceptors (Lipinski definition) is 4. The minimum Gasteiger partial charge on any atom is -0.358 e. The van der Waals surface area contributed by atoms with Crippen LogP contribution in [0.25, 0.3) is 0 Å². The molecule has 0 aliphatic heterocycles. The third-order valence-corrected chi connectivity index (χ3v) is 2.63. The average molecular weight is 248 g/mol. The molecule has 2 aromatic rings. The second-order valence-electron chi connectivity index (χ2n) is 4.02. The van der Waals surface area contributed by atoms with Crippen molar-refractivity contribution in [1.29, 1.82) is 0 Å². The van der Waals surface area contributed by atoms with Gasteiger partial charge in [0.05, 0.1) is 22.6 Å². The van der Waals surface area contributed by atoms with Crippen molar-refractivity contribution >= 4 is 11.6 Å². The molecule has 2 aromatic heterocycles. The third-order valence-electron chi connectivity index (χ3n) is 2.63. The van der Waals surface area contributed by atoms with E-state index < -0.39 is 4.92 Å². The molecule has 0 aliphatic rings. The van der Waals surface area contributed by atoms with Crippen LogP contribution in [-0.2, 0) is 13.6 Å². The van der Waals surface area contributed by atoms with Crippen LogP contribution in [0.4, 0.5) is 5.82 Å². The second kappa shape index (κ2) is 4.44. The number of nitro groups is 1. The highest BCUT2D eigenvalue weighted by Gasteiger charge is 2.19. The maximum Gasteiger partial charge on any atom is 0.392 e. The van der Waals surface area contributed by atoms with E-state index in [9.17, 15) is 14.9 Å². The van der Waals surface area contributed by atoms with Crippen molar-refractivity contribution in [3.05, 3.63) is 45.9 Å². The van der Waals surface area contributed by atoms with Gasteiger partial charge in [0.25, 0.3) is 0 Å². The summed E-state index contributed by atoms with van der Waals surface area (Å²) in [5.74, 6) is -0.352. The number of carbonyl (C=O) groups excluding carboxylic acids is 1. The predicted octanol–water partition coefficient (Wildman–Crippen LogP) is 1.32. The molecular weight excluding hydrogens is 236 g/mol. The van der Waals surface area contributed by atoms with Gasteiger partial charge >= 0.3 is 5.82 Å². The summed E-state index contributed by atoms with van der Waals surface area (Å²) in [5.41, 5.74) is 0.991. The molecule has 2 heterocycles. The van der Waals surface area contributed by atoms with Crippen LogP contribution in [0.3, 0.4) is 0 Å². The van der Waals surface area contributed by atoms with Gasteiger partial charge in [-0.1, -0.05) is 0 Å². The molecule has 0 radical (unpaired) electrons. The molecule has 0 saturated carbocycles. The van der Waals surface area contributed by atoms with Gasteiger partial charge in [-0.2, -0.15) is 4.68 Å². The minimum atomic E-state index is -0.557. The zero-order valence-electron chi connectivity index (χ0n) is 10.0. The monoisotopic (exact) mass is 248 g/mol. The van der Waals surface area contributed by atoms with Crippen molar-refractivity contribution in [1.82, 2.24) is 14.3 Å². The Hall–Kier alpha value is -2.44. The van der Waals surface area contributed by atoms with Crippen molar-refractivity contribution in [2.75, 3.05) is 0 Å². The molecule has 0 aliphatic carbocycles. The van der Waals surface area contributed by atoms with E-state index in [1.165, 1.54) is 10.9 Å². The summed E-state index contributed by atoms with van der Waals surface area (Å²) < 4.78 is 3.00. The van der Waals surface area contributed by atoms with Gasteiger partial charge in [0.1, 0.15) is 6.54 Å². The molecule has 7 heteroatoms. The SMILES string of the molecule is Cc1cn(CC(=O)c2cccn2C)nc1[N+](=O)[O-]. The van der Waals surface area contributed by atoms with E-state index in [0.717, 1.165) is 0 Å². The van der Waals surface area contributed by atoms with Crippen LogP contribution in [-0.4, -0.2) is 25.1 Å². The van der Waals surface area contributed by atoms with Crippen molar-refractivity contribution < 1.29 is 9.72 Å². The number of rotatable bonds is 4. The van der Waals surface area contributed by atoms with Gasteiger partial charge in [0.15, 0.2) is 0 Å². The van der Waals surface area contributed by atoms with E-state index in [2.05, 4.69) is 5.10 Å².